The van der Waals surface area contributed by atoms with Crippen molar-refractivity contribution in [1.29, 1.82) is 0 Å². The van der Waals surface area contributed by atoms with Crippen molar-refractivity contribution >= 4 is 5.97 Å². The zero-order valence-electron chi connectivity index (χ0n) is 6.57. The Hall–Kier alpha value is -0.730. The number of aliphatic hydroxyl groups is 3. The summed E-state index contributed by atoms with van der Waals surface area (Å²) >= 11 is 0. The maximum Gasteiger partial charge on any atom is 0.335 e. The Morgan fingerprint density at radius 1 is 1.23 bits per heavy atom. The van der Waals surface area contributed by atoms with Gasteiger partial charge in [-0.2, -0.15) is 0 Å². The van der Waals surface area contributed by atoms with Gasteiger partial charge in [0.2, 0.25) is 0 Å². The van der Waals surface area contributed by atoms with Gasteiger partial charge in [0.15, 0.2) is 12.4 Å². The Balaban J connectivity index is 2.76. The van der Waals surface area contributed by atoms with Crippen LogP contribution in [-0.2, 0) is 9.53 Å². The Morgan fingerprint density at radius 2 is 1.77 bits per heavy atom. The summed E-state index contributed by atoms with van der Waals surface area (Å²) in [5.74, 6) is -1.46. The lowest BCUT2D eigenvalue weighted by molar-refractivity contribution is -0.244. The molecule has 7 heteroatoms. The van der Waals surface area contributed by atoms with Gasteiger partial charge in [-0.25, -0.2) is 4.79 Å². The van der Waals surface area contributed by atoms with Crippen LogP contribution in [0.1, 0.15) is 0 Å². The second-order valence-corrected chi connectivity index (χ2v) is 2.84. The van der Waals surface area contributed by atoms with Crippen LogP contribution in [0.4, 0.5) is 0 Å². The highest BCUT2D eigenvalue weighted by molar-refractivity contribution is 5.73. The minimum atomic E-state index is -1.65. The quantitative estimate of drug-likeness (QED) is 0.296. The van der Waals surface area contributed by atoms with Crippen LogP contribution >= 0.6 is 0 Å². The fraction of sp³-hybridized carbons (Fsp3) is 0.833. The molecule has 1 heterocycles. The summed E-state index contributed by atoms with van der Waals surface area (Å²) in [6.45, 7) is 0. The molecule has 7 nitrogen and oxygen atoms in total. The van der Waals surface area contributed by atoms with Gasteiger partial charge >= 0.3 is 5.97 Å². The number of hydrogen-bond acceptors (Lipinski definition) is 6. The lowest BCUT2D eigenvalue weighted by Crippen LogP contribution is -2.62. The summed E-state index contributed by atoms with van der Waals surface area (Å²) in [7, 11) is 0. The fourth-order valence-corrected chi connectivity index (χ4v) is 1.10. The molecule has 0 radical (unpaired) electrons. The molecule has 76 valence electrons. The summed E-state index contributed by atoms with van der Waals surface area (Å²) < 4.78 is 4.46. The second-order valence-electron chi connectivity index (χ2n) is 2.84. The van der Waals surface area contributed by atoms with E-state index in [1.807, 2.05) is 0 Å². The zero-order valence-corrected chi connectivity index (χ0v) is 6.57. The molecule has 13 heavy (non-hydrogen) atoms. The molecule has 0 bridgehead atoms. The Bertz CT molecular complexity index is 209. The minimum absolute atomic E-state index is 1.20. The molecule has 5 atom stereocenters. The van der Waals surface area contributed by atoms with Crippen molar-refractivity contribution in [3.05, 3.63) is 0 Å². The number of ether oxygens (including phenoxy) is 1. The molecule has 1 aliphatic rings. The maximum atomic E-state index is 10.4. The molecular weight excluding hydrogens is 182 g/mol. The average Bonchev–Trinajstić information content (AvgIpc) is 2.07. The molecule has 1 rings (SSSR count). The molecule has 0 saturated carbocycles. The number of aliphatic hydroxyl groups excluding tert-OH is 3. The number of hydrogen-bond donors (Lipinski definition) is 5. The summed E-state index contributed by atoms with van der Waals surface area (Å²) in [5, 5.41) is 35.8. The Kier molecular flexibility index (Phi) is 2.84. The van der Waals surface area contributed by atoms with E-state index in [1.54, 1.807) is 0 Å². The van der Waals surface area contributed by atoms with Gasteiger partial charge in [-0.1, -0.05) is 0 Å². The van der Waals surface area contributed by atoms with Gasteiger partial charge < -0.3 is 30.9 Å². The van der Waals surface area contributed by atoms with Crippen molar-refractivity contribution < 1.29 is 30.0 Å². The van der Waals surface area contributed by atoms with Gasteiger partial charge in [-0.3, -0.25) is 0 Å². The predicted octanol–water partition coefficient (Wildman–Crippen LogP) is -3.16. The van der Waals surface area contributed by atoms with Gasteiger partial charge in [0.1, 0.15) is 12.2 Å². The highest BCUT2D eigenvalue weighted by atomic mass is 16.6. The van der Waals surface area contributed by atoms with Gasteiger partial charge in [-0.15, -0.1) is 0 Å². The highest BCUT2D eigenvalue weighted by Crippen LogP contribution is 2.18. The molecule has 0 aromatic heterocycles. The van der Waals surface area contributed by atoms with Crippen molar-refractivity contribution in [3.63, 3.8) is 0 Å². The molecule has 0 aromatic carbocycles. The monoisotopic (exact) mass is 193 g/mol. The number of carbonyl (C=O) groups is 1. The first-order valence-corrected chi connectivity index (χ1v) is 3.63. The molecule has 0 amide bonds. The minimum Gasteiger partial charge on any atom is -0.479 e. The molecular formula is C6H11NO6. The molecule has 5 unspecified atom stereocenters. The third-order valence-electron chi connectivity index (χ3n) is 1.91. The van der Waals surface area contributed by atoms with E-state index in [9.17, 15) is 4.79 Å². The summed E-state index contributed by atoms with van der Waals surface area (Å²) in [6, 6.07) is -1.20. The van der Waals surface area contributed by atoms with E-state index in [2.05, 4.69) is 4.74 Å². The van der Waals surface area contributed by atoms with E-state index in [1.165, 1.54) is 0 Å². The molecule has 0 aromatic rings. The van der Waals surface area contributed by atoms with Gasteiger partial charge in [0, 0.05) is 0 Å². The number of carboxylic acid groups (broad SMARTS) is 1. The van der Waals surface area contributed by atoms with Crippen LogP contribution in [0.15, 0.2) is 0 Å². The van der Waals surface area contributed by atoms with Gasteiger partial charge in [-0.05, 0) is 0 Å². The number of rotatable bonds is 1. The number of carboxylic acids is 1. The van der Waals surface area contributed by atoms with Crippen LogP contribution in [0.5, 0.6) is 0 Å². The Morgan fingerprint density at radius 3 is 2.23 bits per heavy atom. The number of aliphatic carboxylic acids is 1. The van der Waals surface area contributed by atoms with Gasteiger partial charge in [0.25, 0.3) is 0 Å². The van der Waals surface area contributed by atoms with E-state index in [0.717, 1.165) is 0 Å². The zero-order chi connectivity index (χ0) is 10.2. The summed E-state index contributed by atoms with van der Waals surface area (Å²) in [5.41, 5.74) is 5.20. The average molecular weight is 193 g/mol. The van der Waals surface area contributed by atoms with Crippen molar-refractivity contribution in [2.24, 2.45) is 5.73 Å². The van der Waals surface area contributed by atoms with E-state index in [-0.39, 0.29) is 0 Å². The standard InChI is InChI=1S/C6H11NO6/c7-1-2(8)3(9)4(5(10)11)13-6(1)12/h1-4,6,8-9,12H,7H2,(H,10,11). The first-order chi connectivity index (χ1) is 5.95. The van der Waals surface area contributed by atoms with Crippen LogP contribution in [0.3, 0.4) is 0 Å². The summed E-state index contributed by atoms with van der Waals surface area (Å²) in [6.07, 6.45) is -6.37. The fourth-order valence-electron chi connectivity index (χ4n) is 1.10. The lowest BCUT2D eigenvalue weighted by Gasteiger charge is -2.36. The molecule has 1 aliphatic heterocycles. The van der Waals surface area contributed by atoms with E-state index >= 15 is 0 Å². The van der Waals surface area contributed by atoms with Crippen molar-refractivity contribution in [3.8, 4) is 0 Å². The topological polar surface area (TPSA) is 133 Å². The van der Waals surface area contributed by atoms with Crippen molar-refractivity contribution in [2.45, 2.75) is 30.6 Å². The van der Waals surface area contributed by atoms with Crippen LogP contribution < -0.4 is 5.73 Å². The normalized spacial score (nSPS) is 46.0. The second kappa shape index (κ2) is 3.56. The smallest absolute Gasteiger partial charge is 0.335 e. The molecule has 1 saturated heterocycles. The van der Waals surface area contributed by atoms with Crippen molar-refractivity contribution in [2.75, 3.05) is 0 Å². The SMILES string of the molecule is NC1C(O)OC(C(=O)O)C(O)C1O. The van der Waals surface area contributed by atoms with E-state index in [4.69, 9.17) is 26.2 Å². The highest BCUT2D eigenvalue weighted by Gasteiger charge is 2.45. The largest absolute Gasteiger partial charge is 0.479 e. The molecule has 0 aliphatic carbocycles. The van der Waals surface area contributed by atoms with Crippen LogP contribution in [0, 0.1) is 0 Å². The first-order valence-electron chi connectivity index (χ1n) is 3.63. The van der Waals surface area contributed by atoms with E-state index < -0.39 is 36.6 Å². The predicted molar refractivity (Wildman–Crippen MR) is 38.5 cm³/mol. The van der Waals surface area contributed by atoms with Gasteiger partial charge in [0.05, 0.1) is 6.04 Å². The molecule has 1 fully saturated rings. The molecule has 6 N–H and O–H groups in total. The first kappa shape index (κ1) is 10.4. The van der Waals surface area contributed by atoms with Crippen LogP contribution in [0.2, 0.25) is 0 Å². The third-order valence-corrected chi connectivity index (χ3v) is 1.91. The van der Waals surface area contributed by atoms with Crippen LogP contribution in [0.25, 0.3) is 0 Å². The molecule has 0 spiro atoms. The van der Waals surface area contributed by atoms with Crippen molar-refractivity contribution in [1.82, 2.24) is 0 Å². The van der Waals surface area contributed by atoms with E-state index in [0.29, 0.717) is 0 Å². The third kappa shape index (κ3) is 1.79. The number of nitrogens with two attached hydrogens (primary N) is 1. The maximum absolute atomic E-state index is 10.4. The lowest BCUT2D eigenvalue weighted by atomic mass is 9.98. The summed E-state index contributed by atoms with van der Waals surface area (Å²) in [4.78, 5) is 10.4. The van der Waals surface area contributed by atoms with Crippen LogP contribution in [-0.4, -0.2) is 57.0 Å². The Labute approximate surface area is 73.4 Å².